The predicted molar refractivity (Wildman–Crippen MR) is 78.4 cm³/mol. The van der Waals surface area contributed by atoms with Crippen LogP contribution in [0.25, 0.3) is 0 Å². The molecule has 0 aliphatic rings. The minimum absolute atomic E-state index is 0.806. The van der Waals surface area contributed by atoms with E-state index in [1.807, 2.05) is 0 Å². The number of hydrogen-bond donors (Lipinski definition) is 1. The summed E-state index contributed by atoms with van der Waals surface area (Å²) in [6, 6.07) is 0. The van der Waals surface area contributed by atoms with Crippen molar-refractivity contribution in [3.8, 4) is 0 Å². The van der Waals surface area contributed by atoms with Crippen LogP contribution in [-0.2, 0) is 0 Å². The summed E-state index contributed by atoms with van der Waals surface area (Å²) < 4.78 is 0. The lowest BCUT2D eigenvalue weighted by Crippen LogP contribution is -2.31. The summed E-state index contributed by atoms with van der Waals surface area (Å²) in [5.74, 6) is 0. The minimum Gasteiger partial charge on any atom is -0.329 e. The van der Waals surface area contributed by atoms with Gasteiger partial charge in [0, 0.05) is 13.1 Å². The molecule has 0 heterocycles. The Morgan fingerprint density at radius 1 is 0.647 bits per heavy atom. The van der Waals surface area contributed by atoms with Crippen molar-refractivity contribution in [2.24, 2.45) is 5.73 Å². The molecule has 0 rings (SSSR count). The lowest BCUT2D eigenvalue weighted by atomic mass is 10.1. The summed E-state index contributed by atoms with van der Waals surface area (Å²) in [6.45, 7) is 8.91. The monoisotopic (exact) mass is 242 g/mol. The Kier molecular flexibility index (Phi) is 13.9. The molecule has 0 spiro atoms. The molecule has 2 nitrogen and oxygen atoms in total. The molecule has 0 amide bonds. The molecule has 0 bridgehead atoms. The summed E-state index contributed by atoms with van der Waals surface area (Å²) in [5, 5.41) is 0. The molecule has 0 saturated heterocycles. The summed E-state index contributed by atoms with van der Waals surface area (Å²) in [7, 11) is 0. The van der Waals surface area contributed by atoms with Crippen LogP contribution in [0.2, 0.25) is 0 Å². The normalized spacial score (nSPS) is 11.3. The molecule has 2 heteroatoms. The fourth-order valence-corrected chi connectivity index (χ4v) is 2.19. The first-order valence-electron chi connectivity index (χ1n) is 7.77. The third-order valence-electron chi connectivity index (χ3n) is 3.35. The van der Waals surface area contributed by atoms with E-state index in [0.717, 1.165) is 13.1 Å². The van der Waals surface area contributed by atoms with E-state index in [2.05, 4.69) is 18.7 Å². The largest absolute Gasteiger partial charge is 0.329 e. The third kappa shape index (κ3) is 12.2. The van der Waals surface area contributed by atoms with E-state index in [4.69, 9.17) is 5.73 Å². The highest BCUT2D eigenvalue weighted by atomic mass is 15.1. The first kappa shape index (κ1) is 16.9. The topological polar surface area (TPSA) is 29.3 Å². The van der Waals surface area contributed by atoms with Gasteiger partial charge in [-0.15, -0.1) is 0 Å². The fourth-order valence-electron chi connectivity index (χ4n) is 2.19. The molecule has 0 radical (unpaired) electrons. The van der Waals surface area contributed by atoms with Gasteiger partial charge >= 0.3 is 0 Å². The van der Waals surface area contributed by atoms with Crippen LogP contribution in [0.4, 0.5) is 0 Å². The highest BCUT2D eigenvalue weighted by molar-refractivity contribution is 4.58. The van der Waals surface area contributed by atoms with Crippen LogP contribution >= 0.6 is 0 Å². The van der Waals surface area contributed by atoms with Gasteiger partial charge in [-0.05, 0) is 25.9 Å². The van der Waals surface area contributed by atoms with Gasteiger partial charge < -0.3 is 10.6 Å². The maximum atomic E-state index is 5.64. The van der Waals surface area contributed by atoms with Gasteiger partial charge in [-0.1, -0.05) is 58.8 Å². The minimum atomic E-state index is 0.806. The second-order valence-corrected chi connectivity index (χ2v) is 5.11. The molecule has 0 unspecified atom stereocenters. The summed E-state index contributed by atoms with van der Waals surface area (Å²) >= 11 is 0. The Bertz CT molecular complexity index is 137. The number of hydrogen-bond acceptors (Lipinski definition) is 2. The lowest BCUT2D eigenvalue weighted by molar-refractivity contribution is 0.269. The molecular formula is C15H34N2. The number of nitrogens with two attached hydrogens (primary N) is 1. The summed E-state index contributed by atoms with van der Waals surface area (Å²) in [6.07, 6.45) is 12.4. The smallest absolute Gasteiger partial charge is 0.0105 e. The van der Waals surface area contributed by atoms with Crippen molar-refractivity contribution < 1.29 is 0 Å². The van der Waals surface area contributed by atoms with Gasteiger partial charge in [0.05, 0.1) is 0 Å². The zero-order valence-electron chi connectivity index (χ0n) is 12.2. The molecule has 17 heavy (non-hydrogen) atoms. The van der Waals surface area contributed by atoms with Gasteiger partial charge in [0.15, 0.2) is 0 Å². The Labute approximate surface area is 109 Å². The van der Waals surface area contributed by atoms with Crippen LogP contribution in [0.3, 0.4) is 0 Å². The Balaban J connectivity index is 3.34. The summed E-state index contributed by atoms with van der Waals surface area (Å²) in [4.78, 5) is 2.54. The van der Waals surface area contributed by atoms with Crippen molar-refractivity contribution in [1.29, 1.82) is 0 Å². The van der Waals surface area contributed by atoms with Gasteiger partial charge in [0.2, 0.25) is 0 Å². The average Bonchev–Trinajstić information content (AvgIpc) is 2.34. The van der Waals surface area contributed by atoms with Crippen LogP contribution in [0.15, 0.2) is 0 Å². The molecule has 0 aromatic rings. The maximum Gasteiger partial charge on any atom is 0.0105 e. The van der Waals surface area contributed by atoms with Crippen molar-refractivity contribution in [2.45, 2.75) is 71.6 Å². The number of rotatable bonds is 13. The first-order valence-corrected chi connectivity index (χ1v) is 7.77. The van der Waals surface area contributed by atoms with Crippen LogP contribution in [0, 0.1) is 0 Å². The lowest BCUT2D eigenvalue weighted by Gasteiger charge is -2.21. The van der Waals surface area contributed by atoms with Crippen LogP contribution < -0.4 is 5.73 Å². The van der Waals surface area contributed by atoms with Crippen molar-refractivity contribution >= 4 is 0 Å². The molecule has 2 N–H and O–H groups in total. The van der Waals surface area contributed by atoms with E-state index >= 15 is 0 Å². The molecule has 0 fully saturated rings. The molecule has 104 valence electrons. The van der Waals surface area contributed by atoms with Gasteiger partial charge in [0.25, 0.3) is 0 Å². The molecule has 0 aliphatic heterocycles. The van der Waals surface area contributed by atoms with E-state index in [9.17, 15) is 0 Å². The molecule has 0 saturated carbocycles. The summed E-state index contributed by atoms with van der Waals surface area (Å²) in [5.41, 5.74) is 5.64. The van der Waals surface area contributed by atoms with Crippen molar-refractivity contribution in [1.82, 2.24) is 4.90 Å². The van der Waals surface area contributed by atoms with Gasteiger partial charge in [-0.3, -0.25) is 0 Å². The molecular weight excluding hydrogens is 208 g/mol. The zero-order chi connectivity index (χ0) is 12.8. The second-order valence-electron chi connectivity index (χ2n) is 5.11. The second kappa shape index (κ2) is 14.0. The van der Waals surface area contributed by atoms with Gasteiger partial charge in [0.1, 0.15) is 0 Å². The van der Waals surface area contributed by atoms with Crippen LogP contribution in [0.5, 0.6) is 0 Å². The highest BCUT2D eigenvalue weighted by Crippen LogP contribution is 2.07. The average molecular weight is 242 g/mol. The SMILES string of the molecule is CCCCCCCCCN(CCN)CCCC. The quantitative estimate of drug-likeness (QED) is 0.498. The fraction of sp³-hybridized carbons (Fsp3) is 1.00. The van der Waals surface area contributed by atoms with Gasteiger partial charge in [-0.2, -0.15) is 0 Å². The Hall–Kier alpha value is -0.0800. The maximum absolute atomic E-state index is 5.64. The molecule has 0 aromatic carbocycles. The zero-order valence-corrected chi connectivity index (χ0v) is 12.2. The predicted octanol–water partition coefficient (Wildman–Crippen LogP) is 3.80. The standard InChI is InChI=1S/C15H34N2/c1-3-5-7-8-9-10-11-14-17(15-12-16)13-6-4-2/h3-16H2,1-2H3. The van der Waals surface area contributed by atoms with E-state index in [0.29, 0.717) is 0 Å². The van der Waals surface area contributed by atoms with Crippen molar-refractivity contribution in [3.05, 3.63) is 0 Å². The van der Waals surface area contributed by atoms with Crippen molar-refractivity contribution in [2.75, 3.05) is 26.2 Å². The third-order valence-corrected chi connectivity index (χ3v) is 3.35. The van der Waals surface area contributed by atoms with Crippen molar-refractivity contribution in [3.63, 3.8) is 0 Å². The number of unbranched alkanes of at least 4 members (excludes halogenated alkanes) is 7. The van der Waals surface area contributed by atoms with Gasteiger partial charge in [-0.25, -0.2) is 0 Å². The van der Waals surface area contributed by atoms with E-state index in [-0.39, 0.29) is 0 Å². The number of nitrogens with zero attached hydrogens (tertiary/aromatic N) is 1. The molecule has 0 atom stereocenters. The van der Waals surface area contributed by atoms with E-state index in [1.54, 1.807) is 0 Å². The molecule has 0 aliphatic carbocycles. The Morgan fingerprint density at radius 3 is 1.76 bits per heavy atom. The molecule has 0 aromatic heterocycles. The van der Waals surface area contributed by atoms with E-state index < -0.39 is 0 Å². The highest BCUT2D eigenvalue weighted by Gasteiger charge is 2.02. The van der Waals surface area contributed by atoms with E-state index in [1.165, 1.54) is 70.9 Å². The first-order chi connectivity index (χ1) is 8.35. The van der Waals surface area contributed by atoms with Crippen LogP contribution in [0.1, 0.15) is 71.6 Å². The van der Waals surface area contributed by atoms with Crippen LogP contribution in [-0.4, -0.2) is 31.1 Å². The Morgan fingerprint density at radius 2 is 1.18 bits per heavy atom.